The minimum Gasteiger partial charge on any atom is -0.256 e. The fourth-order valence-electron chi connectivity index (χ4n) is 9.37. The van der Waals surface area contributed by atoms with Crippen molar-refractivity contribution in [3.05, 3.63) is 229 Å². The number of rotatable bonds is 5. The molecule has 4 nitrogen and oxygen atoms in total. The number of pyridine rings is 1. The third-order valence-corrected chi connectivity index (χ3v) is 13.2. The fourth-order valence-corrected chi connectivity index (χ4v) is 10.6. The molecule has 0 N–H and O–H groups in total. The maximum atomic E-state index is 5.26. The predicted molar refractivity (Wildman–Crippen MR) is 244 cm³/mol. The lowest BCUT2D eigenvalue weighted by Crippen LogP contribution is -2.31. The number of fused-ring (bicyclic) bond motifs is 10. The molecule has 0 fully saturated rings. The molecule has 3 heterocycles. The molecule has 2 aliphatic rings. The smallest absolute Gasteiger partial charge is 0.164 e. The van der Waals surface area contributed by atoms with Crippen molar-refractivity contribution < 1.29 is 0 Å². The molecule has 1 aliphatic carbocycles. The molecule has 0 unspecified atom stereocenters. The van der Waals surface area contributed by atoms with Crippen molar-refractivity contribution in [3.8, 4) is 67.5 Å². The summed E-state index contributed by atoms with van der Waals surface area (Å²) in [6.07, 6.45) is 1.88. The maximum absolute atomic E-state index is 5.26. The highest BCUT2D eigenvalue weighted by Crippen LogP contribution is 2.62. The second-order valence-electron chi connectivity index (χ2n) is 15.4. The third kappa shape index (κ3) is 5.40. The van der Waals surface area contributed by atoms with Gasteiger partial charge in [-0.25, -0.2) is 15.0 Å². The van der Waals surface area contributed by atoms with Gasteiger partial charge in [0.25, 0.3) is 0 Å². The van der Waals surface area contributed by atoms with Crippen LogP contribution >= 0.6 is 11.8 Å². The molecule has 12 rings (SSSR count). The summed E-state index contributed by atoms with van der Waals surface area (Å²) >= 11 is 1.86. The van der Waals surface area contributed by atoms with Crippen LogP contribution in [0.15, 0.2) is 216 Å². The fraction of sp³-hybridized carbons (Fsp3) is 0.0182. The molecule has 280 valence electrons. The normalized spacial score (nSPS) is 13.1. The largest absolute Gasteiger partial charge is 0.256 e. The number of hydrogen-bond donors (Lipinski definition) is 0. The van der Waals surface area contributed by atoms with Gasteiger partial charge < -0.3 is 0 Å². The first-order chi connectivity index (χ1) is 29.7. The monoisotopic (exact) mass is 782 g/mol. The van der Waals surface area contributed by atoms with Gasteiger partial charge in [-0.15, -0.1) is 0 Å². The Hall–Kier alpha value is -7.47. The third-order valence-electron chi connectivity index (χ3n) is 12.0. The van der Waals surface area contributed by atoms with Crippen LogP contribution in [0.2, 0.25) is 0 Å². The highest BCUT2D eigenvalue weighted by Gasteiger charge is 2.50. The van der Waals surface area contributed by atoms with E-state index in [1.54, 1.807) is 0 Å². The standard InChI is InChI=1S/C55H34N4S/c1-3-14-35(15-4-1)38-19-11-20-40(32-38)53-57-52(37-16-5-2-6-17-37)58-54(59-53)41-28-30-46-44(34-41)43-33-39(42-22-12-18-36-21-13-31-56-51(36)42)27-29-45(43)55(46)47-23-7-9-25-49(47)60-50-26-10-8-24-48(50)55/h1-34H. The van der Waals surface area contributed by atoms with E-state index >= 15 is 0 Å². The summed E-state index contributed by atoms with van der Waals surface area (Å²) in [4.78, 5) is 23.0. The van der Waals surface area contributed by atoms with E-state index in [1.165, 1.54) is 43.2 Å². The lowest BCUT2D eigenvalue weighted by molar-refractivity contribution is 0.722. The van der Waals surface area contributed by atoms with Crippen LogP contribution in [0.3, 0.4) is 0 Å². The van der Waals surface area contributed by atoms with Crippen LogP contribution in [0.4, 0.5) is 0 Å². The molecule has 0 saturated heterocycles. The average molecular weight is 783 g/mol. The van der Waals surface area contributed by atoms with Gasteiger partial charge in [0.1, 0.15) is 0 Å². The van der Waals surface area contributed by atoms with Gasteiger partial charge in [0.2, 0.25) is 0 Å². The van der Waals surface area contributed by atoms with Crippen LogP contribution in [-0.2, 0) is 5.41 Å². The highest BCUT2D eigenvalue weighted by molar-refractivity contribution is 7.99. The summed E-state index contributed by atoms with van der Waals surface area (Å²) in [7, 11) is 0. The van der Waals surface area contributed by atoms with E-state index in [0.29, 0.717) is 17.5 Å². The van der Waals surface area contributed by atoms with E-state index in [-0.39, 0.29) is 0 Å². The number of hydrogen-bond acceptors (Lipinski definition) is 5. The Morgan fingerprint density at radius 3 is 1.55 bits per heavy atom. The van der Waals surface area contributed by atoms with E-state index in [1.807, 2.05) is 48.3 Å². The summed E-state index contributed by atoms with van der Waals surface area (Å²) in [6, 6.07) is 71.4. The average Bonchev–Trinajstić information content (AvgIpc) is 3.61. The summed E-state index contributed by atoms with van der Waals surface area (Å²) in [5.41, 5.74) is 15.3. The number of benzene rings is 8. The molecular weight excluding hydrogens is 749 g/mol. The molecule has 2 aromatic heterocycles. The quantitative estimate of drug-likeness (QED) is 0.174. The lowest BCUT2D eigenvalue weighted by Gasteiger charge is -2.39. The van der Waals surface area contributed by atoms with E-state index in [0.717, 1.165) is 49.8 Å². The van der Waals surface area contributed by atoms with Gasteiger partial charge in [-0.05, 0) is 86.5 Å². The van der Waals surface area contributed by atoms with Crippen molar-refractivity contribution in [3.63, 3.8) is 0 Å². The van der Waals surface area contributed by atoms with Crippen LogP contribution in [0.5, 0.6) is 0 Å². The SMILES string of the molecule is c1ccc(-c2cccc(-c3nc(-c4ccccc4)nc(-c4ccc5c(c4)-c4cc(-c6cccc7cccnc67)ccc4C54c5ccccc5Sc5ccccc54)n3)c2)cc1. The van der Waals surface area contributed by atoms with Crippen molar-refractivity contribution >= 4 is 22.7 Å². The molecule has 0 radical (unpaired) electrons. The molecule has 60 heavy (non-hydrogen) atoms. The van der Waals surface area contributed by atoms with Crippen LogP contribution in [0.1, 0.15) is 22.3 Å². The van der Waals surface area contributed by atoms with E-state index in [2.05, 4.69) is 170 Å². The van der Waals surface area contributed by atoms with Crippen molar-refractivity contribution in [2.75, 3.05) is 0 Å². The Balaban J connectivity index is 1.10. The van der Waals surface area contributed by atoms with Crippen LogP contribution in [0, 0.1) is 0 Å². The Labute approximate surface area is 352 Å². The first kappa shape index (κ1) is 34.6. The van der Waals surface area contributed by atoms with E-state index < -0.39 is 5.41 Å². The molecular formula is C55H34N4S. The minimum atomic E-state index is -0.519. The zero-order valence-corrected chi connectivity index (χ0v) is 33.1. The molecule has 10 aromatic rings. The van der Waals surface area contributed by atoms with Gasteiger partial charge in [-0.2, -0.15) is 0 Å². The van der Waals surface area contributed by atoms with Crippen molar-refractivity contribution in [1.82, 2.24) is 19.9 Å². The molecule has 1 spiro atoms. The number of aromatic nitrogens is 4. The highest BCUT2D eigenvalue weighted by atomic mass is 32.2. The zero-order chi connectivity index (χ0) is 39.6. The van der Waals surface area contributed by atoms with Crippen molar-refractivity contribution in [2.45, 2.75) is 15.2 Å². The summed E-state index contributed by atoms with van der Waals surface area (Å²) in [5.74, 6) is 1.89. The first-order valence-corrected chi connectivity index (χ1v) is 21.0. The van der Waals surface area contributed by atoms with E-state index in [4.69, 9.17) is 19.9 Å². The number of nitrogens with zero attached hydrogens (tertiary/aromatic N) is 4. The van der Waals surface area contributed by atoms with Gasteiger partial charge in [-0.3, -0.25) is 4.98 Å². The van der Waals surface area contributed by atoms with Crippen LogP contribution in [0.25, 0.3) is 78.4 Å². The number of para-hydroxylation sites is 1. The summed E-state index contributed by atoms with van der Waals surface area (Å²) in [6.45, 7) is 0. The molecule has 0 bridgehead atoms. The predicted octanol–water partition coefficient (Wildman–Crippen LogP) is 13.6. The van der Waals surface area contributed by atoms with Gasteiger partial charge in [0, 0.05) is 43.6 Å². The lowest BCUT2D eigenvalue weighted by atomic mass is 9.67. The van der Waals surface area contributed by atoms with Crippen molar-refractivity contribution in [2.24, 2.45) is 0 Å². The first-order valence-electron chi connectivity index (χ1n) is 20.2. The molecule has 0 atom stereocenters. The van der Waals surface area contributed by atoms with Gasteiger partial charge in [0.15, 0.2) is 17.5 Å². The zero-order valence-electron chi connectivity index (χ0n) is 32.3. The summed E-state index contributed by atoms with van der Waals surface area (Å²) < 4.78 is 0. The molecule has 0 saturated carbocycles. The Morgan fingerprint density at radius 1 is 0.333 bits per heavy atom. The Kier molecular flexibility index (Phi) is 7.97. The van der Waals surface area contributed by atoms with Gasteiger partial charge in [-0.1, -0.05) is 176 Å². The maximum Gasteiger partial charge on any atom is 0.164 e. The Bertz CT molecular complexity index is 3260. The topological polar surface area (TPSA) is 51.6 Å². The second kappa shape index (κ2) is 13.8. The second-order valence-corrected chi connectivity index (χ2v) is 16.4. The Morgan fingerprint density at radius 2 is 0.850 bits per heavy atom. The molecule has 1 aliphatic heterocycles. The van der Waals surface area contributed by atoms with Crippen LogP contribution in [-0.4, -0.2) is 19.9 Å². The van der Waals surface area contributed by atoms with E-state index in [9.17, 15) is 0 Å². The van der Waals surface area contributed by atoms with Gasteiger partial charge in [0.05, 0.1) is 10.9 Å². The summed E-state index contributed by atoms with van der Waals surface area (Å²) in [5, 5.41) is 1.12. The molecule has 5 heteroatoms. The molecule has 8 aromatic carbocycles. The van der Waals surface area contributed by atoms with Crippen LogP contribution < -0.4 is 0 Å². The van der Waals surface area contributed by atoms with Gasteiger partial charge >= 0.3 is 0 Å². The van der Waals surface area contributed by atoms with Crippen molar-refractivity contribution in [1.29, 1.82) is 0 Å². The minimum absolute atomic E-state index is 0.519. The molecule has 0 amide bonds.